The summed E-state index contributed by atoms with van der Waals surface area (Å²) in [7, 11) is 2.97. The number of nitrogens with zero attached hydrogens (tertiary/aromatic N) is 1. The molecule has 0 radical (unpaired) electrons. The molecule has 0 saturated carbocycles. The minimum absolute atomic E-state index is 0.215. The summed E-state index contributed by atoms with van der Waals surface area (Å²) in [4.78, 5) is 26.2. The van der Waals surface area contributed by atoms with Crippen LogP contribution in [0.1, 0.15) is 0 Å². The normalized spacial score (nSPS) is 32.2. The maximum absolute atomic E-state index is 13.0. The first-order valence-electron chi connectivity index (χ1n) is 7.75. The third kappa shape index (κ3) is 2.09. The van der Waals surface area contributed by atoms with Crippen LogP contribution < -0.4 is 14.4 Å². The largest absolute Gasteiger partial charge is 0.495 e. The van der Waals surface area contributed by atoms with E-state index in [1.54, 1.807) is 24.3 Å². The Morgan fingerprint density at radius 3 is 2.72 bits per heavy atom. The van der Waals surface area contributed by atoms with E-state index in [2.05, 4.69) is 0 Å². The van der Waals surface area contributed by atoms with Crippen LogP contribution in [-0.2, 0) is 14.3 Å². The predicted octanol–water partition coefficient (Wildman–Crippen LogP) is 1.73. The van der Waals surface area contributed by atoms with Crippen molar-refractivity contribution in [2.24, 2.45) is 11.8 Å². The van der Waals surface area contributed by atoms with Gasteiger partial charge in [-0.1, -0.05) is 23.8 Å². The highest BCUT2D eigenvalue weighted by Gasteiger charge is 2.67. The number of hydrogen-bond acceptors (Lipinski definition) is 5. The third-order valence-electron chi connectivity index (χ3n) is 5.13. The van der Waals surface area contributed by atoms with Gasteiger partial charge in [-0.3, -0.25) is 9.59 Å². The second-order valence-corrected chi connectivity index (χ2v) is 6.73. The maximum Gasteiger partial charge on any atom is 0.310 e. The van der Waals surface area contributed by atoms with Crippen LogP contribution in [0.5, 0.6) is 11.5 Å². The summed E-state index contributed by atoms with van der Waals surface area (Å²) < 4.78 is 16.4. The van der Waals surface area contributed by atoms with Crippen molar-refractivity contribution in [1.82, 2.24) is 0 Å². The van der Waals surface area contributed by atoms with Gasteiger partial charge in [-0.05, 0) is 6.07 Å². The van der Waals surface area contributed by atoms with E-state index in [0.29, 0.717) is 22.2 Å². The van der Waals surface area contributed by atoms with Crippen LogP contribution in [0.3, 0.4) is 0 Å². The van der Waals surface area contributed by atoms with Crippen molar-refractivity contribution in [3.05, 3.63) is 29.3 Å². The molecule has 2 fully saturated rings. The minimum atomic E-state index is -1.03. The van der Waals surface area contributed by atoms with E-state index in [-0.39, 0.29) is 12.5 Å². The molecular weight excluding hydrogens is 350 g/mol. The quantitative estimate of drug-likeness (QED) is 0.818. The lowest BCUT2D eigenvalue weighted by molar-refractivity contribution is -0.146. The lowest BCUT2D eigenvalue weighted by Gasteiger charge is -2.23. The summed E-state index contributed by atoms with van der Waals surface area (Å²) in [5.41, 5.74) is -0.450. The van der Waals surface area contributed by atoms with Gasteiger partial charge in [-0.25, -0.2) is 0 Å². The highest BCUT2D eigenvalue weighted by molar-refractivity contribution is 6.32. The average molecular weight is 366 g/mol. The summed E-state index contributed by atoms with van der Waals surface area (Å²) in [6, 6.07) is 3.18. The molecule has 3 aliphatic rings. The number of aliphatic carboxylic acids is 1. The summed E-state index contributed by atoms with van der Waals surface area (Å²) in [5, 5.41) is 9.85. The van der Waals surface area contributed by atoms with Gasteiger partial charge < -0.3 is 24.2 Å². The van der Waals surface area contributed by atoms with Crippen molar-refractivity contribution in [3.8, 4) is 11.5 Å². The number of rotatable bonds is 4. The molecule has 4 rings (SSSR count). The van der Waals surface area contributed by atoms with Gasteiger partial charge in [0, 0.05) is 6.07 Å². The number of anilines is 1. The van der Waals surface area contributed by atoms with E-state index in [4.69, 9.17) is 25.8 Å². The van der Waals surface area contributed by atoms with E-state index >= 15 is 0 Å². The van der Waals surface area contributed by atoms with Crippen LogP contribution in [-0.4, -0.2) is 49.5 Å². The van der Waals surface area contributed by atoms with E-state index in [9.17, 15) is 14.7 Å². The summed E-state index contributed by atoms with van der Waals surface area (Å²) in [6.07, 6.45) is 2.97. The monoisotopic (exact) mass is 365 g/mol. The Balaban J connectivity index is 1.77. The smallest absolute Gasteiger partial charge is 0.310 e. The molecule has 3 heterocycles. The first kappa shape index (κ1) is 16.2. The van der Waals surface area contributed by atoms with Crippen molar-refractivity contribution >= 4 is 29.2 Å². The minimum Gasteiger partial charge on any atom is -0.495 e. The van der Waals surface area contributed by atoms with Gasteiger partial charge in [0.05, 0.1) is 43.5 Å². The molecule has 1 amide bonds. The standard InChI is InChI=1S/C17H16ClNO6/c1-23-11-6-12(24-2)9(5-8(11)18)19-7-17-4-3-10(25-17)13(16(21)22)14(17)15(19)20/h3-6,10,13-14H,7H2,1-2H3,(H,21,22)/t10-,13+,14-,17+/m1/s1. The molecule has 1 spiro atoms. The summed E-state index contributed by atoms with van der Waals surface area (Å²) in [5.74, 6) is -2.15. The second-order valence-electron chi connectivity index (χ2n) is 6.32. The predicted molar refractivity (Wildman–Crippen MR) is 88.3 cm³/mol. The fraction of sp³-hybridized carbons (Fsp3) is 0.412. The SMILES string of the molecule is COc1cc(OC)c(N2C[C@]34C=C[C@@H](O3)[C@H](C(=O)O)[C@@H]4C2=O)cc1Cl. The van der Waals surface area contributed by atoms with Crippen LogP contribution in [0.25, 0.3) is 0 Å². The zero-order valence-corrected chi connectivity index (χ0v) is 14.3. The average Bonchev–Trinajstić information content (AvgIpc) is 3.22. The van der Waals surface area contributed by atoms with E-state index in [1.165, 1.54) is 19.1 Å². The Morgan fingerprint density at radius 1 is 1.36 bits per heavy atom. The number of halogens is 1. The molecule has 0 unspecified atom stereocenters. The molecule has 1 aromatic carbocycles. The lowest BCUT2D eigenvalue weighted by Crippen LogP contribution is -2.39. The first-order chi connectivity index (χ1) is 11.9. The molecule has 4 atom stereocenters. The Bertz CT molecular complexity index is 809. The molecule has 0 aliphatic carbocycles. The van der Waals surface area contributed by atoms with E-state index in [0.717, 1.165) is 0 Å². The van der Waals surface area contributed by atoms with Gasteiger partial charge in [-0.15, -0.1) is 0 Å². The number of hydrogen-bond donors (Lipinski definition) is 1. The van der Waals surface area contributed by atoms with Crippen molar-refractivity contribution in [1.29, 1.82) is 0 Å². The number of benzene rings is 1. The number of carbonyl (C=O) groups excluding carboxylic acids is 1. The highest BCUT2D eigenvalue weighted by Crippen LogP contribution is 2.54. The lowest BCUT2D eigenvalue weighted by atomic mass is 9.77. The van der Waals surface area contributed by atoms with Crippen LogP contribution in [0.2, 0.25) is 5.02 Å². The van der Waals surface area contributed by atoms with Gasteiger partial charge in [0.25, 0.3) is 0 Å². The van der Waals surface area contributed by atoms with E-state index < -0.39 is 29.5 Å². The van der Waals surface area contributed by atoms with Crippen molar-refractivity contribution in [2.45, 2.75) is 11.7 Å². The Morgan fingerprint density at radius 2 is 2.08 bits per heavy atom. The molecule has 1 aromatic rings. The topological polar surface area (TPSA) is 85.3 Å². The number of ether oxygens (including phenoxy) is 3. The molecule has 25 heavy (non-hydrogen) atoms. The van der Waals surface area contributed by atoms with Crippen LogP contribution in [0.4, 0.5) is 5.69 Å². The van der Waals surface area contributed by atoms with Gasteiger partial charge in [-0.2, -0.15) is 0 Å². The summed E-state index contributed by atoms with van der Waals surface area (Å²) in [6.45, 7) is 0.215. The first-order valence-corrected chi connectivity index (χ1v) is 8.12. The van der Waals surface area contributed by atoms with Gasteiger partial charge in [0.15, 0.2) is 0 Å². The highest BCUT2D eigenvalue weighted by atomic mass is 35.5. The fourth-order valence-corrected chi connectivity index (χ4v) is 4.27. The molecule has 7 nitrogen and oxygen atoms in total. The fourth-order valence-electron chi connectivity index (χ4n) is 4.04. The second kappa shape index (κ2) is 5.37. The Hall–Kier alpha value is -2.25. The zero-order chi connectivity index (χ0) is 17.9. The molecule has 8 heteroatoms. The Kier molecular flexibility index (Phi) is 3.49. The van der Waals surface area contributed by atoms with Crippen molar-refractivity contribution in [3.63, 3.8) is 0 Å². The van der Waals surface area contributed by atoms with Crippen LogP contribution in [0.15, 0.2) is 24.3 Å². The van der Waals surface area contributed by atoms with E-state index in [1.807, 2.05) is 0 Å². The zero-order valence-electron chi connectivity index (χ0n) is 13.6. The number of carboxylic acids is 1. The van der Waals surface area contributed by atoms with Crippen LogP contribution >= 0.6 is 11.6 Å². The molecule has 1 N–H and O–H groups in total. The number of methoxy groups -OCH3 is 2. The van der Waals surface area contributed by atoms with Crippen molar-refractivity contribution < 1.29 is 28.9 Å². The molecule has 2 saturated heterocycles. The number of fused-ring (bicyclic) bond motifs is 1. The summed E-state index contributed by atoms with van der Waals surface area (Å²) >= 11 is 6.20. The van der Waals surface area contributed by atoms with Crippen molar-refractivity contribution in [2.75, 3.05) is 25.7 Å². The van der Waals surface area contributed by atoms with Gasteiger partial charge in [0.2, 0.25) is 5.91 Å². The molecular formula is C17H16ClNO6. The molecule has 3 aliphatic heterocycles. The Labute approximate surface area is 148 Å². The van der Waals surface area contributed by atoms with Gasteiger partial charge >= 0.3 is 5.97 Å². The number of carboxylic acid groups (broad SMARTS) is 1. The number of carbonyl (C=O) groups is 2. The number of amides is 1. The third-order valence-corrected chi connectivity index (χ3v) is 5.42. The molecule has 0 aromatic heterocycles. The van der Waals surface area contributed by atoms with Gasteiger partial charge in [0.1, 0.15) is 23.0 Å². The molecule has 132 valence electrons. The maximum atomic E-state index is 13.0. The molecule has 2 bridgehead atoms. The van der Waals surface area contributed by atoms with Crippen LogP contribution in [0, 0.1) is 11.8 Å².